The van der Waals surface area contributed by atoms with Crippen molar-refractivity contribution in [2.75, 3.05) is 18.4 Å². The number of likely N-dealkylation sites (tertiary alicyclic amines) is 1. The first-order chi connectivity index (χ1) is 12.5. The Hall–Kier alpha value is -2.34. The van der Waals surface area contributed by atoms with Crippen molar-refractivity contribution in [2.24, 2.45) is 13.0 Å². The Morgan fingerprint density at radius 1 is 1.27 bits per heavy atom. The van der Waals surface area contributed by atoms with E-state index in [1.54, 1.807) is 29.1 Å². The Morgan fingerprint density at radius 3 is 2.73 bits per heavy atom. The van der Waals surface area contributed by atoms with E-state index in [9.17, 15) is 9.59 Å². The van der Waals surface area contributed by atoms with E-state index in [0.717, 1.165) is 37.9 Å². The quantitative estimate of drug-likeness (QED) is 0.896. The molecule has 0 bridgehead atoms. The Morgan fingerprint density at radius 2 is 2.04 bits per heavy atom. The van der Waals surface area contributed by atoms with Gasteiger partial charge in [0, 0.05) is 37.3 Å². The van der Waals surface area contributed by atoms with Crippen LogP contribution in [0.5, 0.6) is 0 Å². The molecule has 0 spiro atoms. The summed E-state index contributed by atoms with van der Waals surface area (Å²) in [5.41, 5.74) is 2.08. The van der Waals surface area contributed by atoms with Gasteiger partial charge in [0.2, 0.25) is 5.91 Å². The second-order valence-corrected chi connectivity index (χ2v) is 7.51. The first-order valence-electron chi connectivity index (χ1n) is 8.91. The number of carbonyl (C=O) groups is 2. The molecule has 0 radical (unpaired) electrons. The minimum Gasteiger partial charge on any atom is -0.339 e. The van der Waals surface area contributed by atoms with Gasteiger partial charge < -0.3 is 10.2 Å². The molecular weight excluding hydrogens is 352 g/mol. The number of amides is 2. The Kier molecular flexibility index (Phi) is 4.44. The van der Waals surface area contributed by atoms with Crippen LogP contribution in [0.2, 0.25) is 5.02 Å². The first-order valence-corrected chi connectivity index (χ1v) is 9.29. The standard InChI is InChI=1S/C19H21ClN4O2/c1-23-11-12(10-21-23)15-9-16(15)18(25)22-17-8-13(20)4-5-14(17)19(26)24-6-2-3-7-24/h4-5,8,10-11,15-16H,2-3,6-7,9H2,1H3,(H,22,25)/t15-,16-/m1/s1. The average Bonchev–Trinajstić information content (AvgIpc) is 3.02. The molecule has 2 amide bonds. The predicted molar refractivity (Wildman–Crippen MR) is 99.3 cm³/mol. The van der Waals surface area contributed by atoms with Gasteiger partial charge in [-0.05, 0) is 48.9 Å². The fourth-order valence-corrected chi connectivity index (χ4v) is 3.78. The summed E-state index contributed by atoms with van der Waals surface area (Å²) in [7, 11) is 1.86. The van der Waals surface area contributed by atoms with E-state index in [1.807, 2.05) is 18.1 Å². The number of benzene rings is 1. The third-order valence-corrected chi connectivity index (χ3v) is 5.38. The van der Waals surface area contributed by atoms with Gasteiger partial charge in [0.15, 0.2) is 0 Å². The lowest BCUT2D eigenvalue weighted by atomic mass is 10.1. The van der Waals surface area contributed by atoms with Gasteiger partial charge in [-0.15, -0.1) is 0 Å². The molecule has 2 aliphatic rings. The zero-order valence-corrected chi connectivity index (χ0v) is 15.4. The van der Waals surface area contributed by atoms with Crippen molar-refractivity contribution in [1.82, 2.24) is 14.7 Å². The molecule has 136 valence electrons. The Balaban J connectivity index is 1.50. The maximum atomic E-state index is 12.8. The minimum atomic E-state index is -0.0899. The van der Waals surface area contributed by atoms with Gasteiger partial charge >= 0.3 is 0 Å². The number of aromatic nitrogens is 2. The number of rotatable bonds is 4. The molecule has 1 aromatic heterocycles. The summed E-state index contributed by atoms with van der Waals surface area (Å²) in [5, 5.41) is 7.59. The summed E-state index contributed by atoms with van der Waals surface area (Å²) in [6.07, 6.45) is 6.60. The molecule has 1 aliphatic carbocycles. The van der Waals surface area contributed by atoms with Crippen molar-refractivity contribution in [1.29, 1.82) is 0 Å². The molecule has 1 aliphatic heterocycles. The van der Waals surface area contributed by atoms with Gasteiger partial charge in [-0.2, -0.15) is 5.10 Å². The number of carbonyl (C=O) groups excluding carboxylic acids is 2. The highest BCUT2D eigenvalue weighted by molar-refractivity contribution is 6.31. The summed E-state index contributed by atoms with van der Waals surface area (Å²) in [4.78, 5) is 27.2. The molecule has 2 heterocycles. The van der Waals surface area contributed by atoms with E-state index in [-0.39, 0.29) is 23.7 Å². The highest BCUT2D eigenvalue weighted by atomic mass is 35.5. The van der Waals surface area contributed by atoms with Crippen LogP contribution in [0.25, 0.3) is 0 Å². The third kappa shape index (κ3) is 3.33. The largest absolute Gasteiger partial charge is 0.339 e. The molecular formula is C19H21ClN4O2. The van der Waals surface area contributed by atoms with Gasteiger partial charge in [0.25, 0.3) is 5.91 Å². The second kappa shape index (κ2) is 6.76. The number of halogens is 1. The molecule has 2 fully saturated rings. The van der Waals surface area contributed by atoms with E-state index in [4.69, 9.17) is 11.6 Å². The van der Waals surface area contributed by atoms with Crippen molar-refractivity contribution in [3.8, 4) is 0 Å². The Bertz CT molecular complexity index is 857. The van der Waals surface area contributed by atoms with Gasteiger partial charge in [-0.3, -0.25) is 14.3 Å². The summed E-state index contributed by atoms with van der Waals surface area (Å²) >= 11 is 6.10. The zero-order valence-electron chi connectivity index (χ0n) is 14.6. The maximum absolute atomic E-state index is 12.8. The molecule has 1 saturated heterocycles. The van der Waals surface area contributed by atoms with Crippen LogP contribution in [0, 0.1) is 5.92 Å². The number of aryl methyl sites for hydroxylation is 1. The number of hydrogen-bond acceptors (Lipinski definition) is 3. The molecule has 4 rings (SSSR count). The van der Waals surface area contributed by atoms with E-state index in [0.29, 0.717) is 16.3 Å². The second-order valence-electron chi connectivity index (χ2n) is 7.07. The van der Waals surface area contributed by atoms with E-state index in [1.165, 1.54) is 0 Å². The van der Waals surface area contributed by atoms with Gasteiger partial charge in [-0.1, -0.05) is 11.6 Å². The smallest absolute Gasteiger partial charge is 0.255 e. The lowest BCUT2D eigenvalue weighted by Gasteiger charge is -2.18. The van der Waals surface area contributed by atoms with Crippen molar-refractivity contribution in [3.05, 3.63) is 46.7 Å². The summed E-state index contributed by atoms with van der Waals surface area (Å²) in [6, 6.07) is 5.05. The van der Waals surface area contributed by atoms with E-state index >= 15 is 0 Å². The van der Waals surface area contributed by atoms with Crippen molar-refractivity contribution in [3.63, 3.8) is 0 Å². The monoisotopic (exact) mass is 372 g/mol. The number of anilines is 1. The van der Waals surface area contributed by atoms with Crippen LogP contribution in [0.3, 0.4) is 0 Å². The number of nitrogens with one attached hydrogen (secondary N) is 1. The predicted octanol–water partition coefficient (Wildman–Crippen LogP) is 3.05. The highest BCUT2D eigenvalue weighted by Gasteiger charge is 2.44. The van der Waals surface area contributed by atoms with Crippen molar-refractivity contribution >= 4 is 29.1 Å². The number of nitrogens with zero attached hydrogens (tertiary/aromatic N) is 3. The molecule has 26 heavy (non-hydrogen) atoms. The van der Waals surface area contributed by atoms with E-state index < -0.39 is 0 Å². The molecule has 0 unspecified atom stereocenters. The van der Waals surface area contributed by atoms with Crippen LogP contribution in [-0.4, -0.2) is 39.6 Å². The minimum absolute atomic E-state index is 0.0472. The number of hydrogen-bond donors (Lipinski definition) is 1. The molecule has 6 nitrogen and oxygen atoms in total. The van der Waals surface area contributed by atoms with Gasteiger partial charge in [0.05, 0.1) is 17.4 Å². The average molecular weight is 373 g/mol. The van der Waals surface area contributed by atoms with Crippen LogP contribution in [-0.2, 0) is 11.8 Å². The normalized spacial score (nSPS) is 21.7. The fourth-order valence-electron chi connectivity index (χ4n) is 3.61. The third-order valence-electron chi connectivity index (χ3n) is 5.14. The van der Waals surface area contributed by atoms with Crippen molar-refractivity contribution < 1.29 is 9.59 Å². The van der Waals surface area contributed by atoms with Crippen LogP contribution in [0.1, 0.15) is 41.1 Å². The van der Waals surface area contributed by atoms with Crippen LogP contribution in [0.4, 0.5) is 5.69 Å². The maximum Gasteiger partial charge on any atom is 0.255 e. The lowest BCUT2D eigenvalue weighted by Crippen LogP contribution is -2.29. The van der Waals surface area contributed by atoms with Crippen LogP contribution < -0.4 is 5.32 Å². The molecule has 2 aromatic rings. The summed E-state index contributed by atoms with van der Waals surface area (Å²) < 4.78 is 1.74. The molecule has 1 aromatic carbocycles. The lowest BCUT2D eigenvalue weighted by molar-refractivity contribution is -0.117. The van der Waals surface area contributed by atoms with E-state index in [2.05, 4.69) is 10.4 Å². The fraction of sp³-hybridized carbons (Fsp3) is 0.421. The van der Waals surface area contributed by atoms with Crippen LogP contribution in [0.15, 0.2) is 30.6 Å². The molecule has 2 atom stereocenters. The SMILES string of the molecule is Cn1cc([C@H]2C[C@H]2C(=O)Nc2cc(Cl)ccc2C(=O)N2CCCC2)cn1. The Labute approximate surface area is 157 Å². The topological polar surface area (TPSA) is 67.2 Å². The molecule has 7 heteroatoms. The van der Waals surface area contributed by atoms with Gasteiger partial charge in [0.1, 0.15) is 0 Å². The first kappa shape index (κ1) is 17.1. The highest BCUT2D eigenvalue weighted by Crippen LogP contribution is 2.48. The van der Waals surface area contributed by atoms with Crippen LogP contribution >= 0.6 is 11.6 Å². The van der Waals surface area contributed by atoms with Crippen molar-refractivity contribution in [2.45, 2.75) is 25.2 Å². The summed E-state index contributed by atoms with van der Waals surface area (Å²) in [6.45, 7) is 1.53. The molecule has 1 N–H and O–H groups in total. The summed E-state index contributed by atoms with van der Waals surface area (Å²) in [5.74, 6) is -0.0146. The van der Waals surface area contributed by atoms with Gasteiger partial charge in [-0.25, -0.2) is 0 Å². The molecule has 1 saturated carbocycles. The zero-order chi connectivity index (χ0) is 18.3.